The predicted molar refractivity (Wildman–Crippen MR) is 79.7 cm³/mol. The van der Waals surface area contributed by atoms with Crippen LogP contribution in [0.25, 0.3) is 0 Å². The van der Waals surface area contributed by atoms with Gasteiger partial charge in [0.15, 0.2) is 5.84 Å². The summed E-state index contributed by atoms with van der Waals surface area (Å²) in [6.45, 7) is 2.73. The van der Waals surface area contributed by atoms with Crippen molar-refractivity contribution in [2.24, 2.45) is 16.3 Å². The number of rotatable bonds is 5. The zero-order valence-corrected chi connectivity index (χ0v) is 12.9. The van der Waals surface area contributed by atoms with Crippen molar-refractivity contribution in [3.8, 4) is 0 Å². The van der Waals surface area contributed by atoms with E-state index in [1.54, 1.807) is 0 Å². The molecule has 1 saturated carbocycles. The number of carbonyl (C=O) groups is 1. The molecule has 0 bridgehead atoms. The van der Waals surface area contributed by atoms with Gasteiger partial charge in [0.05, 0.1) is 0 Å². The maximum absolute atomic E-state index is 12.7. The van der Waals surface area contributed by atoms with Crippen molar-refractivity contribution >= 4 is 11.7 Å². The number of hydrogen-bond donors (Lipinski definition) is 3. The van der Waals surface area contributed by atoms with Crippen molar-refractivity contribution in [3.05, 3.63) is 0 Å². The lowest BCUT2D eigenvalue weighted by molar-refractivity contribution is -0.129. The Morgan fingerprint density at radius 3 is 2.35 bits per heavy atom. The fraction of sp³-hybridized carbons (Fsp3) is 0.857. The molecule has 1 rings (SSSR count). The molecular formula is C14H28N4O2. The molecule has 1 fully saturated rings. The third-order valence-electron chi connectivity index (χ3n) is 4.01. The lowest BCUT2D eigenvalue weighted by Gasteiger charge is -2.31. The SMILES string of the molecule is CC(CN(C)C)NC(=O)C1(C(N)=NO)CCCCCC1. The molecule has 1 aliphatic rings. The van der Waals surface area contributed by atoms with E-state index in [1.807, 2.05) is 25.9 Å². The molecule has 0 saturated heterocycles. The highest BCUT2D eigenvalue weighted by Crippen LogP contribution is 2.35. The Morgan fingerprint density at radius 1 is 1.35 bits per heavy atom. The number of carbonyl (C=O) groups excluding carboxylic acids is 1. The van der Waals surface area contributed by atoms with E-state index in [9.17, 15) is 4.79 Å². The minimum atomic E-state index is -0.841. The molecule has 1 unspecified atom stereocenters. The van der Waals surface area contributed by atoms with Crippen LogP contribution in [-0.4, -0.2) is 48.5 Å². The summed E-state index contributed by atoms with van der Waals surface area (Å²) in [6, 6.07) is 0.0316. The zero-order valence-electron chi connectivity index (χ0n) is 12.9. The predicted octanol–water partition coefficient (Wildman–Crippen LogP) is 1.14. The van der Waals surface area contributed by atoms with Gasteiger partial charge in [-0.3, -0.25) is 4.79 Å². The molecule has 4 N–H and O–H groups in total. The number of nitrogens with two attached hydrogens (primary N) is 1. The number of nitrogens with one attached hydrogen (secondary N) is 1. The smallest absolute Gasteiger partial charge is 0.234 e. The lowest BCUT2D eigenvalue weighted by Crippen LogP contribution is -2.53. The van der Waals surface area contributed by atoms with Crippen molar-refractivity contribution in [1.29, 1.82) is 0 Å². The summed E-state index contributed by atoms with van der Waals surface area (Å²) in [5.41, 5.74) is 5.02. The van der Waals surface area contributed by atoms with Crippen LogP contribution in [0.5, 0.6) is 0 Å². The first-order valence-electron chi connectivity index (χ1n) is 7.36. The van der Waals surface area contributed by atoms with Gasteiger partial charge < -0.3 is 21.2 Å². The first kappa shape index (κ1) is 16.8. The van der Waals surface area contributed by atoms with Gasteiger partial charge in [0.2, 0.25) is 5.91 Å². The fourth-order valence-electron chi connectivity index (χ4n) is 2.98. The van der Waals surface area contributed by atoms with E-state index < -0.39 is 5.41 Å². The topological polar surface area (TPSA) is 91.0 Å². The summed E-state index contributed by atoms with van der Waals surface area (Å²) < 4.78 is 0. The van der Waals surface area contributed by atoms with Crippen LogP contribution >= 0.6 is 0 Å². The van der Waals surface area contributed by atoms with Gasteiger partial charge in [-0.15, -0.1) is 0 Å². The molecule has 20 heavy (non-hydrogen) atoms. The summed E-state index contributed by atoms with van der Waals surface area (Å²) in [4.78, 5) is 14.7. The van der Waals surface area contributed by atoms with Crippen molar-refractivity contribution in [2.75, 3.05) is 20.6 Å². The van der Waals surface area contributed by atoms with Crippen molar-refractivity contribution in [1.82, 2.24) is 10.2 Å². The Labute approximate surface area is 121 Å². The monoisotopic (exact) mass is 284 g/mol. The van der Waals surface area contributed by atoms with Crippen LogP contribution < -0.4 is 11.1 Å². The van der Waals surface area contributed by atoms with E-state index in [4.69, 9.17) is 10.9 Å². The molecule has 0 heterocycles. The van der Waals surface area contributed by atoms with E-state index in [1.165, 1.54) is 0 Å². The second-order valence-electron chi connectivity index (χ2n) is 6.12. The molecular weight excluding hydrogens is 256 g/mol. The fourth-order valence-corrected chi connectivity index (χ4v) is 2.98. The lowest BCUT2D eigenvalue weighted by atomic mass is 9.78. The molecule has 1 amide bonds. The van der Waals surface area contributed by atoms with Gasteiger partial charge in [-0.25, -0.2) is 0 Å². The summed E-state index contributed by atoms with van der Waals surface area (Å²) >= 11 is 0. The van der Waals surface area contributed by atoms with Gasteiger partial charge in [-0.05, 0) is 33.9 Å². The summed E-state index contributed by atoms with van der Waals surface area (Å²) in [5.74, 6) is -0.0574. The maximum Gasteiger partial charge on any atom is 0.234 e. The molecule has 0 aromatic heterocycles. The third kappa shape index (κ3) is 4.10. The molecule has 6 heteroatoms. The molecule has 6 nitrogen and oxygen atoms in total. The van der Waals surface area contributed by atoms with Crippen LogP contribution in [0, 0.1) is 5.41 Å². The Morgan fingerprint density at radius 2 is 1.90 bits per heavy atom. The number of nitrogens with zero attached hydrogens (tertiary/aromatic N) is 2. The molecule has 0 aromatic rings. The van der Waals surface area contributed by atoms with Crippen LogP contribution in [-0.2, 0) is 4.79 Å². The summed E-state index contributed by atoms with van der Waals surface area (Å²) in [7, 11) is 3.93. The van der Waals surface area contributed by atoms with Gasteiger partial charge >= 0.3 is 0 Å². The zero-order chi connectivity index (χ0) is 15.2. The minimum Gasteiger partial charge on any atom is -0.409 e. The number of likely N-dealkylation sites (N-methyl/N-ethyl adjacent to an activating group) is 1. The Kier molecular flexibility index (Phi) is 6.26. The maximum atomic E-state index is 12.7. The Hall–Kier alpha value is -1.30. The highest BCUT2D eigenvalue weighted by molar-refractivity contribution is 6.06. The van der Waals surface area contributed by atoms with E-state index in [0.29, 0.717) is 12.8 Å². The third-order valence-corrected chi connectivity index (χ3v) is 4.01. The molecule has 1 atom stereocenters. The van der Waals surface area contributed by atoms with Crippen LogP contribution in [0.3, 0.4) is 0 Å². The minimum absolute atomic E-state index is 0.0316. The van der Waals surface area contributed by atoms with E-state index in [2.05, 4.69) is 10.5 Å². The molecule has 0 radical (unpaired) electrons. The van der Waals surface area contributed by atoms with Crippen molar-refractivity contribution < 1.29 is 10.0 Å². The van der Waals surface area contributed by atoms with Gasteiger partial charge in [-0.2, -0.15) is 0 Å². The number of amidine groups is 1. The Bertz CT molecular complexity index is 347. The highest BCUT2D eigenvalue weighted by atomic mass is 16.4. The van der Waals surface area contributed by atoms with E-state index >= 15 is 0 Å². The molecule has 0 aliphatic heterocycles. The van der Waals surface area contributed by atoms with Gasteiger partial charge in [-0.1, -0.05) is 30.8 Å². The van der Waals surface area contributed by atoms with Crippen LogP contribution in [0.1, 0.15) is 45.4 Å². The molecule has 116 valence electrons. The largest absolute Gasteiger partial charge is 0.409 e. The van der Waals surface area contributed by atoms with Crippen molar-refractivity contribution in [3.63, 3.8) is 0 Å². The van der Waals surface area contributed by atoms with Crippen LogP contribution in [0.15, 0.2) is 5.16 Å². The first-order valence-corrected chi connectivity index (χ1v) is 7.36. The number of amides is 1. The van der Waals surface area contributed by atoms with Gasteiger partial charge in [0.25, 0.3) is 0 Å². The average Bonchev–Trinajstić information content (AvgIpc) is 2.63. The second-order valence-corrected chi connectivity index (χ2v) is 6.12. The number of oxime groups is 1. The molecule has 0 aromatic carbocycles. The molecule has 0 spiro atoms. The van der Waals surface area contributed by atoms with Crippen LogP contribution in [0.4, 0.5) is 0 Å². The van der Waals surface area contributed by atoms with E-state index in [-0.39, 0.29) is 17.8 Å². The summed E-state index contributed by atoms with van der Waals surface area (Å²) in [6.07, 6.45) is 5.38. The van der Waals surface area contributed by atoms with E-state index in [0.717, 1.165) is 32.2 Å². The van der Waals surface area contributed by atoms with Crippen molar-refractivity contribution in [2.45, 2.75) is 51.5 Å². The summed E-state index contributed by atoms with van der Waals surface area (Å²) in [5, 5.41) is 15.2. The van der Waals surface area contributed by atoms with Gasteiger partial charge in [0.1, 0.15) is 5.41 Å². The molecule has 1 aliphatic carbocycles. The Balaban J connectivity index is 2.84. The van der Waals surface area contributed by atoms with Crippen LogP contribution in [0.2, 0.25) is 0 Å². The number of hydrogen-bond acceptors (Lipinski definition) is 4. The van der Waals surface area contributed by atoms with Gasteiger partial charge in [0, 0.05) is 12.6 Å². The average molecular weight is 284 g/mol. The quantitative estimate of drug-likeness (QED) is 0.232. The highest BCUT2D eigenvalue weighted by Gasteiger charge is 2.43. The standard InChI is InChI=1S/C14H28N4O2/c1-11(10-18(2)3)16-13(19)14(12(15)17-20)8-6-4-5-7-9-14/h11,20H,4-10H2,1-3H3,(H2,15,17)(H,16,19). The first-order chi connectivity index (χ1) is 9.42. The second kappa shape index (κ2) is 7.47. The normalized spacial score (nSPS) is 21.3.